The van der Waals surface area contributed by atoms with Gasteiger partial charge in [0.15, 0.2) is 11.6 Å². The van der Waals surface area contributed by atoms with E-state index in [1.54, 1.807) is 0 Å². The van der Waals surface area contributed by atoms with Gasteiger partial charge >= 0.3 is 0 Å². The number of aliphatic hydroxyl groups is 1. The van der Waals surface area contributed by atoms with Gasteiger partial charge in [0, 0.05) is 38.1 Å². The molecule has 3 aliphatic heterocycles. The van der Waals surface area contributed by atoms with E-state index in [1.165, 1.54) is 12.4 Å². The van der Waals surface area contributed by atoms with Crippen LogP contribution in [0.4, 0.5) is 11.6 Å². The standard InChI is InChI=1S/C19H24N6O2/c1-2-16(27)24-11-19(12-24)5-7-23(10-19)17-15(8-20)18(22-13-21-17)25-6-3-4-14(25)9-26/h2,13-14,26H,1,3-7,9-12H2. The molecule has 0 saturated carbocycles. The first-order valence-electron chi connectivity index (χ1n) is 9.40. The van der Waals surface area contributed by atoms with Crippen LogP contribution in [0.5, 0.6) is 0 Å². The molecule has 142 valence electrons. The summed E-state index contributed by atoms with van der Waals surface area (Å²) in [5.41, 5.74) is 0.561. The summed E-state index contributed by atoms with van der Waals surface area (Å²) < 4.78 is 0. The number of aromatic nitrogens is 2. The van der Waals surface area contributed by atoms with Crippen molar-refractivity contribution in [3.8, 4) is 6.07 Å². The number of hydrogen-bond donors (Lipinski definition) is 1. The summed E-state index contributed by atoms with van der Waals surface area (Å²) in [7, 11) is 0. The highest BCUT2D eigenvalue weighted by molar-refractivity contribution is 5.87. The third-order valence-corrected chi connectivity index (χ3v) is 6.06. The number of anilines is 2. The van der Waals surface area contributed by atoms with Crippen LogP contribution in [-0.2, 0) is 4.79 Å². The molecule has 1 aromatic rings. The summed E-state index contributed by atoms with van der Waals surface area (Å²) in [4.78, 5) is 26.5. The Labute approximate surface area is 158 Å². The molecule has 4 heterocycles. The van der Waals surface area contributed by atoms with Crippen LogP contribution in [0.3, 0.4) is 0 Å². The molecular weight excluding hydrogens is 344 g/mol. The molecule has 3 aliphatic rings. The first-order chi connectivity index (χ1) is 13.1. The van der Waals surface area contributed by atoms with Crippen molar-refractivity contribution in [1.29, 1.82) is 5.26 Å². The lowest BCUT2D eigenvalue weighted by Gasteiger charge is -2.47. The molecule has 0 bridgehead atoms. The van der Waals surface area contributed by atoms with E-state index in [9.17, 15) is 15.2 Å². The molecule has 4 rings (SSSR count). The monoisotopic (exact) mass is 368 g/mol. The zero-order valence-corrected chi connectivity index (χ0v) is 15.3. The van der Waals surface area contributed by atoms with Gasteiger partial charge in [-0.15, -0.1) is 0 Å². The fourth-order valence-electron chi connectivity index (χ4n) is 4.65. The Balaban J connectivity index is 1.55. The Kier molecular flexibility index (Phi) is 4.48. The van der Waals surface area contributed by atoms with E-state index in [-0.39, 0.29) is 24.0 Å². The van der Waals surface area contributed by atoms with Crippen LogP contribution < -0.4 is 9.80 Å². The number of aliphatic hydroxyl groups excluding tert-OH is 1. The van der Waals surface area contributed by atoms with Crippen molar-refractivity contribution < 1.29 is 9.90 Å². The maximum Gasteiger partial charge on any atom is 0.245 e. The molecule has 0 aliphatic carbocycles. The summed E-state index contributed by atoms with van der Waals surface area (Å²) in [6, 6.07) is 2.30. The van der Waals surface area contributed by atoms with Gasteiger partial charge in [-0.25, -0.2) is 9.97 Å². The van der Waals surface area contributed by atoms with Crippen LogP contribution in [0.1, 0.15) is 24.8 Å². The number of hydrogen-bond acceptors (Lipinski definition) is 7. The number of carbonyl (C=O) groups is 1. The first kappa shape index (κ1) is 17.7. The van der Waals surface area contributed by atoms with Crippen molar-refractivity contribution in [3.63, 3.8) is 0 Å². The van der Waals surface area contributed by atoms with Crippen LogP contribution >= 0.6 is 0 Å². The molecule has 1 amide bonds. The zero-order chi connectivity index (χ0) is 19.0. The minimum atomic E-state index is -0.0230. The number of likely N-dealkylation sites (tertiary alicyclic amines) is 1. The highest BCUT2D eigenvalue weighted by Gasteiger charge is 2.49. The highest BCUT2D eigenvalue weighted by atomic mass is 16.3. The summed E-state index contributed by atoms with van der Waals surface area (Å²) in [5.74, 6) is 1.26. The lowest BCUT2D eigenvalue weighted by Crippen LogP contribution is -2.59. The topological polar surface area (TPSA) is 96.6 Å². The fraction of sp³-hybridized carbons (Fsp3) is 0.579. The predicted molar refractivity (Wildman–Crippen MR) is 100 cm³/mol. The lowest BCUT2D eigenvalue weighted by atomic mass is 9.79. The lowest BCUT2D eigenvalue weighted by molar-refractivity contribution is -0.136. The molecule has 0 aromatic carbocycles. The molecule has 1 unspecified atom stereocenters. The SMILES string of the molecule is C=CC(=O)N1CC2(CCN(c3ncnc(N4CCCC4CO)c3C#N)C2)C1. The van der Waals surface area contributed by atoms with Crippen molar-refractivity contribution in [1.82, 2.24) is 14.9 Å². The van der Waals surface area contributed by atoms with Crippen LogP contribution in [0.25, 0.3) is 0 Å². The molecule has 1 N–H and O–H groups in total. The summed E-state index contributed by atoms with van der Waals surface area (Å²) in [6.07, 6.45) is 5.73. The minimum absolute atomic E-state index is 0.00914. The summed E-state index contributed by atoms with van der Waals surface area (Å²) in [5, 5.41) is 19.4. The second-order valence-corrected chi connectivity index (χ2v) is 7.75. The van der Waals surface area contributed by atoms with Crippen LogP contribution in [0, 0.1) is 16.7 Å². The van der Waals surface area contributed by atoms with Gasteiger partial charge in [-0.1, -0.05) is 6.58 Å². The molecule has 27 heavy (non-hydrogen) atoms. The third kappa shape index (κ3) is 2.92. The van der Waals surface area contributed by atoms with E-state index in [4.69, 9.17) is 0 Å². The second-order valence-electron chi connectivity index (χ2n) is 7.75. The molecule has 3 saturated heterocycles. The number of nitrogens with zero attached hydrogens (tertiary/aromatic N) is 6. The second kappa shape index (κ2) is 6.82. The average molecular weight is 368 g/mol. The van der Waals surface area contributed by atoms with E-state index in [0.717, 1.165) is 52.0 Å². The van der Waals surface area contributed by atoms with Gasteiger partial charge in [-0.3, -0.25) is 4.79 Å². The van der Waals surface area contributed by atoms with Crippen LogP contribution in [-0.4, -0.2) is 71.3 Å². The van der Waals surface area contributed by atoms with Crippen molar-refractivity contribution >= 4 is 17.5 Å². The van der Waals surface area contributed by atoms with Crippen molar-refractivity contribution in [2.45, 2.75) is 25.3 Å². The molecule has 1 spiro atoms. The Bertz CT molecular complexity index is 798. The maximum atomic E-state index is 11.7. The Morgan fingerprint density at radius 1 is 1.37 bits per heavy atom. The van der Waals surface area contributed by atoms with E-state index in [0.29, 0.717) is 17.2 Å². The Morgan fingerprint density at radius 2 is 2.15 bits per heavy atom. The van der Waals surface area contributed by atoms with Crippen LogP contribution in [0.2, 0.25) is 0 Å². The van der Waals surface area contributed by atoms with E-state index in [2.05, 4.69) is 27.5 Å². The third-order valence-electron chi connectivity index (χ3n) is 6.06. The van der Waals surface area contributed by atoms with Crippen molar-refractivity contribution in [2.75, 3.05) is 49.1 Å². The highest BCUT2D eigenvalue weighted by Crippen LogP contribution is 2.42. The van der Waals surface area contributed by atoms with E-state index < -0.39 is 0 Å². The average Bonchev–Trinajstić information content (AvgIpc) is 3.32. The minimum Gasteiger partial charge on any atom is -0.394 e. The molecule has 8 nitrogen and oxygen atoms in total. The van der Waals surface area contributed by atoms with E-state index in [1.807, 2.05) is 9.80 Å². The van der Waals surface area contributed by atoms with Crippen molar-refractivity contribution in [2.24, 2.45) is 5.41 Å². The molecule has 1 atom stereocenters. The van der Waals surface area contributed by atoms with Gasteiger partial charge in [-0.2, -0.15) is 5.26 Å². The fourth-order valence-corrected chi connectivity index (χ4v) is 4.65. The molecule has 3 fully saturated rings. The van der Waals surface area contributed by atoms with Crippen LogP contribution in [0.15, 0.2) is 19.0 Å². The van der Waals surface area contributed by atoms with Gasteiger partial charge < -0.3 is 19.8 Å². The number of rotatable bonds is 4. The van der Waals surface area contributed by atoms with Gasteiger partial charge in [0.1, 0.15) is 18.0 Å². The number of amides is 1. The number of nitriles is 1. The normalized spacial score (nSPS) is 23.4. The predicted octanol–water partition coefficient (Wildman–Crippen LogP) is 0.534. The maximum absolute atomic E-state index is 11.7. The Hall–Kier alpha value is -2.66. The quantitative estimate of drug-likeness (QED) is 0.775. The smallest absolute Gasteiger partial charge is 0.245 e. The van der Waals surface area contributed by atoms with Gasteiger partial charge in [0.2, 0.25) is 5.91 Å². The zero-order valence-electron chi connectivity index (χ0n) is 15.3. The Morgan fingerprint density at radius 3 is 2.85 bits per heavy atom. The molecule has 1 aromatic heterocycles. The number of carbonyl (C=O) groups excluding carboxylic acids is 1. The van der Waals surface area contributed by atoms with Gasteiger partial charge in [0.25, 0.3) is 0 Å². The molecular formula is C19H24N6O2. The van der Waals surface area contributed by atoms with Gasteiger partial charge in [-0.05, 0) is 25.3 Å². The summed E-state index contributed by atoms with van der Waals surface area (Å²) >= 11 is 0. The van der Waals surface area contributed by atoms with Crippen molar-refractivity contribution in [3.05, 3.63) is 24.5 Å². The van der Waals surface area contributed by atoms with Gasteiger partial charge in [0.05, 0.1) is 12.6 Å². The summed E-state index contributed by atoms with van der Waals surface area (Å²) in [6.45, 7) is 7.45. The largest absolute Gasteiger partial charge is 0.394 e. The molecule has 0 radical (unpaired) electrons. The van der Waals surface area contributed by atoms with E-state index >= 15 is 0 Å². The first-order valence-corrected chi connectivity index (χ1v) is 9.40. The molecule has 8 heteroatoms.